The molecule has 0 fully saturated rings. The molecule has 0 atom stereocenters. The summed E-state index contributed by atoms with van der Waals surface area (Å²) in [7, 11) is 1.74. The number of carbonyl (C=O) groups excluding carboxylic acids is 3. The Morgan fingerprint density at radius 1 is 1.37 bits per heavy atom. The van der Waals surface area contributed by atoms with Crippen molar-refractivity contribution in [3.05, 3.63) is 29.3 Å². The monoisotopic (exact) mass is 261 g/mol. The summed E-state index contributed by atoms with van der Waals surface area (Å²) in [6.07, 6.45) is 1.18. The number of hydrogen-bond acceptors (Lipinski definition) is 3. The average molecular weight is 261 g/mol. The number of anilines is 1. The number of carbonyl (C=O) groups is 3. The Morgan fingerprint density at radius 3 is 2.79 bits per heavy atom. The molecule has 2 rings (SSSR count). The van der Waals surface area contributed by atoms with Gasteiger partial charge in [-0.1, -0.05) is 12.1 Å². The third kappa shape index (κ3) is 2.73. The first-order valence-electron chi connectivity index (χ1n) is 5.95. The van der Waals surface area contributed by atoms with Gasteiger partial charge >= 0.3 is 11.8 Å². The van der Waals surface area contributed by atoms with E-state index in [1.165, 1.54) is 0 Å². The number of rotatable bonds is 2. The van der Waals surface area contributed by atoms with Crippen LogP contribution in [0.4, 0.5) is 5.69 Å². The maximum absolute atomic E-state index is 11.5. The van der Waals surface area contributed by atoms with Gasteiger partial charge in [0.2, 0.25) is 5.91 Å². The van der Waals surface area contributed by atoms with Crippen LogP contribution in [0.5, 0.6) is 0 Å². The number of primary amides is 1. The topological polar surface area (TPSA) is 92.5 Å². The maximum Gasteiger partial charge on any atom is 0.309 e. The molecular formula is C13H15N3O3. The molecule has 0 saturated carbocycles. The summed E-state index contributed by atoms with van der Waals surface area (Å²) < 4.78 is 0. The normalized spacial score (nSPS) is 13.9. The zero-order valence-corrected chi connectivity index (χ0v) is 10.6. The molecule has 1 aliphatic rings. The minimum absolute atomic E-state index is 0.0993. The lowest BCUT2D eigenvalue weighted by Gasteiger charge is -2.26. The van der Waals surface area contributed by atoms with E-state index in [-0.39, 0.29) is 12.5 Å². The molecule has 19 heavy (non-hydrogen) atoms. The number of nitrogens with two attached hydrogens (primary N) is 1. The van der Waals surface area contributed by atoms with Crippen LogP contribution in [0.15, 0.2) is 18.2 Å². The van der Waals surface area contributed by atoms with Crippen molar-refractivity contribution in [3.63, 3.8) is 0 Å². The molecule has 0 unspecified atom stereocenters. The first-order valence-corrected chi connectivity index (χ1v) is 5.95. The standard InChI is InChI=1S/C13H15N3O3/c1-16-10-4-2-8(7-15-13(19)12(14)18)6-9(10)3-5-11(16)17/h2,4,6H,3,5,7H2,1H3,(H2,14,18)(H,15,19). The highest BCUT2D eigenvalue weighted by Crippen LogP contribution is 2.27. The van der Waals surface area contributed by atoms with Gasteiger partial charge in [0.15, 0.2) is 0 Å². The van der Waals surface area contributed by atoms with E-state index in [0.717, 1.165) is 16.8 Å². The summed E-state index contributed by atoms with van der Waals surface area (Å²) in [5, 5.41) is 2.43. The maximum atomic E-state index is 11.5. The molecule has 3 N–H and O–H groups in total. The van der Waals surface area contributed by atoms with Gasteiger partial charge in [0.05, 0.1) is 0 Å². The van der Waals surface area contributed by atoms with E-state index in [4.69, 9.17) is 5.73 Å². The molecule has 0 spiro atoms. The summed E-state index contributed by atoms with van der Waals surface area (Å²) >= 11 is 0. The van der Waals surface area contributed by atoms with Gasteiger partial charge in [0.25, 0.3) is 0 Å². The van der Waals surface area contributed by atoms with E-state index in [9.17, 15) is 14.4 Å². The third-order valence-corrected chi connectivity index (χ3v) is 3.16. The Hall–Kier alpha value is -2.37. The van der Waals surface area contributed by atoms with Gasteiger partial charge in [-0.2, -0.15) is 0 Å². The van der Waals surface area contributed by atoms with Gasteiger partial charge in [-0.25, -0.2) is 0 Å². The number of hydrogen-bond donors (Lipinski definition) is 2. The van der Waals surface area contributed by atoms with Gasteiger partial charge in [0.1, 0.15) is 0 Å². The zero-order chi connectivity index (χ0) is 14.0. The van der Waals surface area contributed by atoms with Crippen molar-refractivity contribution in [2.75, 3.05) is 11.9 Å². The molecule has 0 aromatic heterocycles. The second kappa shape index (κ2) is 5.09. The molecule has 100 valence electrons. The lowest BCUT2D eigenvalue weighted by molar-refractivity contribution is -0.137. The Labute approximate surface area is 110 Å². The predicted molar refractivity (Wildman–Crippen MR) is 69.2 cm³/mol. The molecule has 0 bridgehead atoms. The van der Waals surface area contributed by atoms with E-state index in [1.54, 1.807) is 11.9 Å². The molecule has 6 nitrogen and oxygen atoms in total. The van der Waals surface area contributed by atoms with Crippen LogP contribution in [0.2, 0.25) is 0 Å². The van der Waals surface area contributed by atoms with Gasteiger partial charge < -0.3 is 16.0 Å². The highest BCUT2D eigenvalue weighted by molar-refractivity contribution is 6.34. The lowest BCUT2D eigenvalue weighted by atomic mass is 9.99. The van der Waals surface area contributed by atoms with Gasteiger partial charge in [-0.05, 0) is 23.6 Å². The summed E-state index contributed by atoms with van der Waals surface area (Å²) in [6.45, 7) is 0.243. The van der Waals surface area contributed by atoms with Crippen LogP contribution in [0.25, 0.3) is 0 Å². The van der Waals surface area contributed by atoms with Crippen LogP contribution >= 0.6 is 0 Å². The molecule has 1 aromatic rings. The third-order valence-electron chi connectivity index (χ3n) is 3.16. The molecule has 0 aliphatic carbocycles. The van der Waals surface area contributed by atoms with E-state index < -0.39 is 11.8 Å². The molecule has 1 heterocycles. The Kier molecular flexibility index (Phi) is 3.50. The van der Waals surface area contributed by atoms with Crippen LogP contribution in [0, 0.1) is 0 Å². The fourth-order valence-corrected chi connectivity index (χ4v) is 2.09. The van der Waals surface area contributed by atoms with E-state index in [1.807, 2.05) is 18.2 Å². The van der Waals surface area contributed by atoms with Crippen molar-refractivity contribution in [1.29, 1.82) is 0 Å². The van der Waals surface area contributed by atoms with E-state index in [2.05, 4.69) is 5.32 Å². The minimum atomic E-state index is -0.997. The summed E-state index contributed by atoms with van der Waals surface area (Å²) in [5.41, 5.74) is 7.67. The Morgan fingerprint density at radius 2 is 2.11 bits per heavy atom. The van der Waals surface area contributed by atoms with E-state index in [0.29, 0.717) is 12.8 Å². The Bertz CT molecular complexity index is 554. The van der Waals surface area contributed by atoms with Crippen molar-refractivity contribution >= 4 is 23.4 Å². The van der Waals surface area contributed by atoms with Crippen molar-refractivity contribution in [3.8, 4) is 0 Å². The van der Waals surface area contributed by atoms with Gasteiger partial charge in [-0.15, -0.1) is 0 Å². The summed E-state index contributed by atoms with van der Waals surface area (Å²) in [4.78, 5) is 34.8. The average Bonchev–Trinajstić information content (AvgIpc) is 2.40. The molecule has 0 saturated heterocycles. The first kappa shape index (κ1) is 13.1. The van der Waals surface area contributed by atoms with E-state index >= 15 is 0 Å². The number of aryl methyl sites for hydroxylation is 1. The van der Waals surface area contributed by atoms with Crippen LogP contribution in [0.1, 0.15) is 17.5 Å². The molecule has 0 radical (unpaired) electrons. The first-order chi connectivity index (χ1) is 8.99. The number of amides is 3. The van der Waals surface area contributed by atoms with Crippen molar-refractivity contribution in [2.24, 2.45) is 5.73 Å². The molecular weight excluding hydrogens is 246 g/mol. The second-order valence-corrected chi connectivity index (χ2v) is 4.46. The van der Waals surface area contributed by atoms with Crippen LogP contribution < -0.4 is 16.0 Å². The fraction of sp³-hybridized carbons (Fsp3) is 0.308. The highest BCUT2D eigenvalue weighted by Gasteiger charge is 2.20. The SMILES string of the molecule is CN1C(=O)CCc2cc(CNC(=O)C(N)=O)ccc21. The highest BCUT2D eigenvalue weighted by atomic mass is 16.2. The van der Waals surface area contributed by atoms with Crippen LogP contribution in [0.3, 0.4) is 0 Å². The second-order valence-electron chi connectivity index (χ2n) is 4.46. The largest absolute Gasteiger partial charge is 0.361 e. The van der Waals surface area contributed by atoms with Crippen LogP contribution in [-0.4, -0.2) is 24.8 Å². The lowest BCUT2D eigenvalue weighted by Crippen LogP contribution is -2.35. The number of nitrogens with one attached hydrogen (secondary N) is 1. The van der Waals surface area contributed by atoms with Crippen LogP contribution in [-0.2, 0) is 27.3 Å². The minimum Gasteiger partial charge on any atom is -0.361 e. The molecule has 1 aromatic carbocycles. The molecule has 6 heteroatoms. The Balaban J connectivity index is 2.12. The van der Waals surface area contributed by atoms with Crippen molar-refractivity contribution in [2.45, 2.75) is 19.4 Å². The van der Waals surface area contributed by atoms with Crippen molar-refractivity contribution < 1.29 is 14.4 Å². The quantitative estimate of drug-likeness (QED) is 0.716. The number of nitrogens with zero attached hydrogens (tertiary/aromatic N) is 1. The molecule has 1 aliphatic heterocycles. The van der Waals surface area contributed by atoms with Gasteiger partial charge in [0, 0.05) is 25.7 Å². The smallest absolute Gasteiger partial charge is 0.309 e. The zero-order valence-electron chi connectivity index (χ0n) is 10.6. The summed E-state index contributed by atoms with van der Waals surface area (Å²) in [6, 6.07) is 5.59. The van der Waals surface area contributed by atoms with Crippen molar-refractivity contribution in [1.82, 2.24) is 5.32 Å². The summed E-state index contributed by atoms with van der Waals surface area (Å²) in [5.74, 6) is -1.70. The van der Waals surface area contributed by atoms with Gasteiger partial charge in [-0.3, -0.25) is 14.4 Å². The molecule has 3 amide bonds. The predicted octanol–water partition coefficient (Wildman–Crippen LogP) is -0.303. The fourth-order valence-electron chi connectivity index (χ4n) is 2.09. The number of benzene rings is 1. The number of fused-ring (bicyclic) bond motifs is 1.